The minimum atomic E-state index is -1.11. The highest BCUT2D eigenvalue weighted by Gasteiger charge is 2.43. The van der Waals surface area contributed by atoms with E-state index in [1.807, 2.05) is 77.4 Å². The number of amides is 2. The Hall–Kier alpha value is -2.70. The smallest absolute Gasteiger partial charge is 0.243 e. The normalized spacial score (nSPS) is 20.0. The molecule has 1 unspecified atom stereocenters. The molecule has 2 aliphatic heterocycles. The summed E-state index contributed by atoms with van der Waals surface area (Å²) in [5.74, 6) is 0.0406. The first-order valence-corrected chi connectivity index (χ1v) is 12.0. The number of nitrogens with zero attached hydrogens (tertiary/aromatic N) is 3. The summed E-state index contributed by atoms with van der Waals surface area (Å²) < 4.78 is 0. The van der Waals surface area contributed by atoms with Crippen molar-refractivity contribution >= 4 is 11.8 Å². The number of likely N-dealkylation sites (tertiary alicyclic amines) is 1. The molecule has 2 N–H and O–H groups in total. The number of rotatable bonds is 5. The molecule has 1 atom stereocenters. The lowest BCUT2D eigenvalue weighted by Gasteiger charge is -2.42. The third-order valence-electron chi connectivity index (χ3n) is 7.27. The van der Waals surface area contributed by atoms with Gasteiger partial charge in [-0.25, -0.2) is 0 Å². The van der Waals surface area contributed by atoms with E-state index in [-0.39, 0.29) is 23.7 Å². The third-order valence-corrected chi connectivity index (χ3v) is 7.27. The molecule has 2 fully saturated rings. The van der Waals surface area contributed by atoms with Crippen molar-refractivity contribution in [3.8, 4) is 0 Å². The highest BCUT2D eigenvalue weighted by atomic mass is 16.2. The van der Waals surface area contributed by atoms with Gasteiger partial charge in [0.2, 0.25) is 11.8 Å². The van der Waals surface area contributed by atoms with Crippen LogP contribution in [0.4, 0.5) is 0 Å². The van der Waals surface area contributed by atoms with E-state index >= 15 is 0 Å². The van der Waals surface area contributed by atoms with Gasteiger partial charge in [0.25, 0.3) is 0 Å². The lowest BCUT2D eigenvalue weighted by molar-refractivity contribution is -0.145. The van der Waals surface area contributed by atoms with Gasteiger partial charge in [-0.05, 0) is 51.0 Å². The summed E-state index contributed by atoms with van der Waals surface area (Å²) in [5.41, 5.74) is 7.79. The Kier molecular flexibility index (Phi) is 7.15. The Morgan fingerprint density at radius 1 is 0.818 bits per heavy atom. The minimum absolute atomic E-state index is 0.0633. The molecule has 0 saturated carbocycles. The molecule has 0 bridgehead atoms. The van der Waals surface area contributed by atoms with Gasteiger partial charge < -0.3 is 20.4 Å². The molecule has 2 aliphatic rings. The van der Waals surface area contributed by atoms with Crippen molar-refractivity contribution in [1.29, 1.82) is 0 Å². The van der Waals surface area contributed by atoms with Gasteiger partial charge in [0.15, 0.2) is 0 Å². The standard InChI is InChI=1S/C27H36N4O2/c1-27(28,24(21-9-5-3-6-10-21)22-11-7-4-8-12-22)26(33)31-19-17-30(18-20-31)25(32)23-13-15-29(2)16-14-23/h3-12,23-24H,13-20,28H2,1-2H3. The minimum Gasteiger partial charge on any atom is -0.339 e. The molecule has 6 heteroatoms. The first-order valence-electron chi connectivity index (χ1n) is 12.0. The summed E-state index contributed by atoms with van der Waals surface area (Å²) in [5, 5.41) is 0. The van der Waals surface area contributed by atoms with Gasteiger partial charge in [0.1, 0.15) is 5.54 Å². The number of hydrogen-bond donors (Lipinski definition) is 1. The molecule has 176 valence electrons. The van der Waals surface area contributed by atoms with E-state index in [9.17, 15) is 9.59 Å². The van der Waals surface area contributed by atoms with Crippen LogP contribution < -0.4 is 5.73 Å². The molecule has 4 rings (SSSR count). The van der Waals surface area contributed by atoms with Crippen molar-refractivity contribution in [3.63, 3.8) is 0 Å². The molecule has 2 amide bonds. The SMILES string of the molecule is CN1CCC(C(=O)N2CCN(C(=O)C(C)(N)C(c3ccccc3)c3ccccc3)CC2)CC1. The molecular weight excluding hydrogens is 412 g/mol. The predicted molar refractivity (Wildman–Crippen MR) is 131 cm³/mol. The third kappa shape index (κ3) is 5.12. The zero-order valence-corrected chi connectivity index (χ0v) is 19.8. The number of piperazine rings is 1. The van der Waals surface area contributed by atoms with Crippen LogP contribution in [0.1, 0.15) is 36.8 Å². The number of piperidine rings is 1. The Morgan fingerprint density at radius 2 is 1.27 bits per heavy atom. The molecule has 0 aromatic heterocycles. The van der Waals surface area contributed by atoms with E-state index in [2.05, 4.69) is 11.9 Å². The number of hydrogen-bond acceptors (Lipinski definition) is 4. The molecule has 0 radical (unpaired) electrons. The largest absolute Gasteiger partial charge is 0.339 e. The van der Waals surface area contributed by atoms with Crippen LogP contribution in [0.2, 0.25) is 0 Å². The maximum Gasteiger partial charge on any atom is 0.243 e. The average Bonchev–Trinajstić information content (AvgIpc) is 2.85. The molecule has 0 spiro atoms. The van der Waals surface area contributed by atoms with E-state index in [0.717, 1.165) is 37.1 Å². The molecule has 2 saturated heterocycles. The molecule has 6 nitrogen and oxygen atoms in total. The lowest BCUT2D eigenvalue weighted by Crippen LogP contribution is -2.61. The Labute approximate surface area is 197 Å². The fraction of sp³-hybridized carbons (Fsp3) is 0.481. The zero-order valence-electron chi connectivity index (χ0n) is 19.8. The van der Waals surface area contributed by atoms with Gasteiger partial charge in [-0.15, -0.1) is 0 Å². The average molecular weight is 449 g/mol. The fourth-order valence-corrected chi connectivity index (χ4v) is 5.28. The van der Waals surface area contributed by atoms with Crippen LogP contribution in [0, 0.1) is 5.92 Å². The monoisotopic (exact) mass is 448 g/mol. The van der Waals surface area contributed by atoms with Crippen LogP contribution in [0.15, 0.2) is 60.7 Å². The van der Waals surface area contributed by atoms with Crippen LogP contribution in [0.3, 0.4) is 0 Å². The van der Waals surface area contributed by atoms with Crippen LogP contribution in [0.5, 0.6) is 0 Å². The Balaban J connectivity index is 1.46. The van der Waals surface area contributed by atoms with Crippen molar-refractivity contribution in [3.05, 3.63) is 71.8 Å². The van der Waals surface area contributed by atoms with Gasteiger partial charge in [0.05, 0.1) is 0 Å². The van der Waals surface area contributed by atoms with Gasteiger partial charge in [-0.3, -0.25) is 9.59 Å². The van der Waals surface area contributed by atoms with Crippen molar-refractivity contribution in [1.82, 2.24) is 14.7 Å². The second-order valence-corrected chi connectivity index (χ2v) is 9.73. The maximum atomic E-state index is 13.7. The number of benzene rings is 2. The summed E-state index contributed by atoms with van der Waals surface area (Å²) in [6, 6.07) is 20.0. The van der Waals surface area contributed by atoms with E-state index < -0.39 is 5.54 Å². The summed E-state index contributed by atoms with van der Waals surface area (Å²) in [6.45, 7) is 6.00. The number of carbonyl (C=O) groups excluding carboxylic acids is 2. The van der Waals surface area contributed by atoms with Crippen LogP contribution in [-0.4, -0.2) is 78.4 Å². The summed E-state index contributed by atoms with van der Waals surface area (Å²) in [4.78, 5) is 32.8. The molecule has 2 aromatic rings. The van der Waals surface area contributed by atoms with Gasteiger partial charge in [-0.1, -0.05) is 60.7 Å². The molecule has 2 heterocycles. The van der Waals surface area contributed by atoms with Crippen molar-refractivity contribution < 1.29 is 9.59 Å². The lowest BCUT2D eigenvalue weighted by atomic mass is 9.75. The Bertz CT molecular complexity index is 892. The van der Waals surface area contributed by atoms with Gasteiger partial charge in [-0.2, -0.15) is 0 Å². The number of nitrogens with two attached hydrogens (primary N) is 1. The Morgan fingerprint density at radius 3 is 1.76 bits per heavy atom. The molecular formula is C27H36N4O2. The molecule has 2 aromatic carbocycles. The van der Waals surface area contributed by atoms with E-state index in [0.29, 0.717) is 26.2 Å². The van der Waals surface area contributed by atoms with E-state index in [4.69, 9.17) is 5.73 Å². The summed E-state index contributed by atoms with van der Waals surface area (Å²) in [6.07, 6.45) is 1.84. The van der Waals surface area contributed by atoms with Crippen molar-refractivity contribution in [2.24, 2.45) is 11.7 Å². The maximum absolute atomic E-state index is 13.7. The predicted octanol–water partition coefficient (Wildman–Crippen LogP) is 2.55. The van der Waals surface area contributed by atoms with Crippen molar-refractivity contribution in [2.45, 2.75) is 31.2 Å². The van der Waals surface area contributed by atoms with Crippen LogP contribution in [0.25, 0.3) is 0 Å². The number of carbonyl (C=O) groups is 2. The van der Waals surface area contributed by atoms with Crippen LogP contribution >= 0.6 is 0 Å². The van der Waals surface area contributed by atoms with Gasteiger partial charge >= 0.3 is 0 Å². The second kappa shape index (κ2) is 10.1. The summed E-state index contributed by atoms with van der Waals surface area (Å²) >= 11 is 0. The topological polar surface area (TPSA) is 69.9 Å². The quantitative estimate of drug-likeness (QED) is 0.763. The molecule has 33 heavy (non-hydrogen) atoms. The van der Waals surface area contributed by atoms with Crippen molar-refractivity contribution in [2.75, 3.05) is 46.3 Å². The molecule has 0 aliphatic carbocycles. The van der Waals surface area contributed by atoms with E-state index in [1.165, 1.54) is 0 Å². The fourth-order valence-electron chi connectivity index (χ4n) is 5.28. The van der Waals surface area contributed by atoms with Gasteiger partial charge in [0, 0.05) is 38.0 Å². The first-order chi connectivity index (χ1) is 15.9. The summed E-state index contributed by atoms with van der Waals surface area (Å²) in [7, 11) is 2.10. The highest BCUT2D eigenvalue weighted by molar-refractivity contribution is 5.88. The highest BCUT2D eigenvalue weighted by Crippen LogP contribution is 2.35. The second-order valence-electron chi connectivity index (χ2n) is 9.73. The van der Waals surface area contributed by atoms with Crippen LogP contribution in [-0.2, 0) is 9.59 Å². The zero-order chi connectivity index (χ0) is 23.4. The van der Waals surface area contributed by atoms with E-state index in [1.54, 1.807) is 0 Å². The first kappa shape index (κ1) is 23.5.